The van der Waals surface area contributed by atoms with Crippen molar-refractivity contribution in [3.63, 3.8) is 0 Å². The van der Waals surface area contributed by atoms with Gasteiger partial charge in [-0.15, -0.1) is 11.5 Å². The van der Waals surface area contributed by atoms with Gasteiger partial charge in [-0.2, -0.15) is 0 Å². The molecule has 4 heteroatoms. The van der Waals surface area contributed by atoms with Crippen LogP contribution in [0.4, 0.5) is 0 Å². The van der Waals surface area contributed by atoms with E-state index >= 15 is 0 Å². The summed E-state index contributed by atoms with van der Waals surface area (Å²) < 4.78 is 0. The average molecular weight is 276 g/mol. The van der Waals surface area contributed by atoms with E-state index in [0.29, 0.717) is 17.5 Å². The van der Waals surface area contributed by atoms with Crippen LogP contribution in [-0.4, -0.2) is 0 Å². The zero-order chi connectivity index (χ0) is 10.7. The van der Waals surface area contributed by atoms with Gasteiger partial charge in [0.15, 0.2) is 0 Å². The summed E-state index contributed by atoms with van der Waals surface area (Å²) in [5.74, 6) is -0.0264. The molecule has 0 spiro atoms. The predicted molar refractivity (Wildman–Crippen MR) is 54.6 cm³/mol. The molecule has 2 nitrogen and oxygen atoms in total. The zero-order valence-electron chi connectivity index (χ0n) is 10.1. The van der Waals surface area contributed by atoms with E-state index in [4.69, 9.17) is 0 Å². The Morgan fingerprint density at radius 2 is 1.00 bits per heavy atom. The van der Waals surface area contributed by atoms with Gasteiger partial charge in [-0.3, -0.25) is 0 Å². The Morgan fingerprint density at radius 1 is 0.647 bits per heavy atom. The van der Waals surface area contributed by atoms with Gasteiger partial charge in [0.25, 0.3) is 0 Å². The quantitative estimate of drug-likeness (QED) is 0.519. The van der Waals surface area contributed by atoms with Crippen molar-refractivity contribution in [3.05, 3.63) is 59.7 Å². The Morgan fingerprint density at radius 3 is 1.35 bits per heavy atom. The first-order valence-electron chi connectivity index (χ1n) is 4.77. The molecule has 0 saturated carbocycles. The fourth-order valence-electron chi connectivity index (χ4n) is 1.50. The van der Waals surface area contributed by atoms with Gasteiger partial charge >= 0.3 is 103 Å². The summed E-state index contributed by atoms with van der Waals surface area (Å²) in [5.41, 5.74) is 1.33. The molecule has 0 amide bonds. The summed E-state index contributed by atoms with van der Waals surface area (Å²) in [6, 6.07) is 13.6. The summed E-state index contributed by atoms with van der Waals surface area (Å²) >= 11 is 0. The number of rotatable bonds is 2. The fourth-order valence-corrected chi connectivity index (χ4v) is 1.50. The van der Waals surface area contributed by atoms with Crippen molar-refractivity contribution in [3.8, 4) is 11.5 Å². The monoisotopic (exact) mass is 276 g/mol. The van der Waals surface area contributed by atoms with Crippen LogP contribution in [0.25, 0.3) is 0 Å². The Bertz CT molecular complexity index is 429. The van der Waals surface area contributed by atoms with Crippen LogP contribution in [0, 0.1) is 0 Å². The Balaban J connectivity index is 0.00000128. The predicted octanol–water partition coefficient (Wildman–Crippen LogP) is -4.57. The number of hydrogen-bond donors (Lipinski definition) is 0. The molecule has 0 aliphatic heterocycles. The standard InChI is InChI=1S/C13H12O2.2K/c14-12-7-3-1-5-10(12)9-11-6-2-4-8-13(11)15;;/h1-8,14-15H,9H2;;/q;2*+1/p-2. The third kappa shape index (κ3) is 5.44. The molecule has 17 heavy (non-hydrogen) atoms. The maximum Gasteiger partial charge on any atom is 1.00 e. The fraction of sp³-hybridized carbons (Fsp3) is 0.0769. The van der Waals surface area contributed by atoms with Crippen LogP contribution in [0.3, 0.4) is 0 Å². The van der Waals surface area contributed by atoms with Gasteiger partial charge in [0, 0.05) is 0 Å². The average Bonchev–Trinajstić information content (AvgIpc) is 2.24. The van der Waals surface area contributed by atoms with E-state index in [0.717, 1.165) is 0 Å². The number of para-hydroxylation sites is 2. The Labute approximate surface area is 186 Å². The molecule has 2 aromatic rings. The van der Waals surface area contributed by atoms with Crippen LogP contribution in [0.15, 0.2) is 48.5 Å². The molecule has 0 atom stereocenters. The van der Waals surface area contributed by atoms with E-state index in [2.05, 4.69) is 0 Å². The molecule has 0 N–H and O–H groups in total. The normalized spacial score (nSPS) is 8.94. The van der Waals surface area contributed by atoms with Crippen LogP contribution in [0.2, 0.25) is 0 Å². The van der Waals surface area contributed by atoms with Crippen LogP contribution < -0.4 is 113 Å². The molecule has 0 unspecified atom stereocenters. The zero-order valence-corrected chi connectivity index (χ0v) is 16.4. The summed E-state index contributed by atoms with van der Waals surface area (Å²) in [5, 5.41) is 22.9. The van der Waals surface area contributed by atoms with Gasteiger partial charge in [0.2, 0.25) is 0 Å². The van der Waals surface area contributed by atoms with Gasteiger partial charge in [-0.25, -0.2) is 0 Å². The second-order valence-corrected chi connectivity index (χ2v) is 3.39. The van der Waals surface area contributed by atoms with E-state index in [1.807, 2.05) is 12.1 Å². The summed E-state index contributed by atoms with van der Waals surface area (Å²) in [4.78, 5) is 0. The molecule has 2 rings (SSSR count). The van der Waals surface area contributed by atoms with Crippen molar-refractivity contribution in [2.45, 2.75) is 6.42 Å². The minimum absolute atomic E-state index is 0. The molecule has 76 valence electrons. The van der Waals surface area contributed by atoms with Crippen LogP contribution in [0.5, 0.6) is 11.5 Å². The molecule has 0 heterocycles. The van der Waals surface area contributed by atoms with Crippen molar-refractivity contribution < 1.29 is 113 Å². The van der Waals surface area contributed by atoms with Gasteiger partial charge in [-0.05, 0) is 6.42 Å². The van der Waals surface area contributed by atoms with Gasteiger partial charge in [0.1, 0.15) is 0 Å². The second-order valence-electron chi connectivity index (χ2n) is 3.39. The third-order valence-electron chi connectivity index (χ3n) is 2.33. The van der Waals surface area contributed by atoms with Crippen LogP contribution in [-0.2, 0) is 6.42 Å². The molecule has 2 aromatic carbocycles. The van der Waals surface area contributed by atoms with Gasteiger partial charge in [0.05, 0.1) is 0 Å². The van der Waals surface area contributed by atoms with Crippen molar-refractivity contribution in [1.29, 1.82) is 0 Å². The van der Waals surface area contributed by atoms with E-state index in [9.17, 15) is 10.2 Å². The maximum absolute atomic E-state index is 11.4. The molecule has 0 fully saturated rings. The van der Waals surface area contributed by atoms with E-state index in [1.54, 1.807) is 24.3 Å². The van der Waals surface area contributed by atoms with E-state index in [-0.39, 0.29) is 114 Å². The Kier molecular flexibility index (Phi) is 9.97. The molecule has 0 saturated heterocycles. The minimum Gasteiger partial charge on any atom is -0.872 e. The largest absolute Gasteiger partial charge is 1.00 e. The summed E-state index contributed by atoms with van der Waals surface area (Å²) in [6.45, 7) is 0. The van der Waals surface area contributed by atoms with E-state index < -0.39 is 0 Å². The van der Waals surface area contributed by atoms with E-state index in [1.165, 1.54) is 12.1 Å². The maximum atomic E-state index is 11.4. The first kappa shape index (κ1) is 18.3. The molecule has 0 aliphatic carbocycles. The first-order chi connectivity index (χ1) is 7.27. The SMILES string of the molecule is [K+].[K+].[O-]c1ccccc1Cc1ccccc1[O-]. The number of benzene rings is 2. The minimum atomic E-state index is -0.0132. The smallest absolute Gasteiger partial charge is 0.872 e. The topological polar surface area (TPSA) is 46.1 Å². The number of hydrogen-bond acceptors (Lipinski definition) is 2. The summed E-state index contributed by atoms with van der Waals surface area (Å²) in [7, 11) is 0. The second kappa shape index (κ2) is 9.25. The molecular formula is C13H10K2O2. The molecule has 0 aliphatic rings. The van der Waals surface area contributed by atoms with Crippen molar-refractivity contribution in [1.82, 2.24) is 0 Å². The molecule has 0 radical (unpaired) electrons. The Hall–Kier alpha value is 1.31. The van der Waals surface area contributed by atoms with Gasteiger partial charge in [-0.1, -0.05) is 59.7 Å². The summed E-state index contributed by atoms with van der Waals surface area (Å²) in [6.07, 6.45) is 0.416. The molecule has 0 aromatic heterocycles. The van der Waals surface area contributed by atoms with Crippen molar-refractivity contribution in [2.24, 2.45) is 0 Å². The van der Waals surface area contributed by atoms with Crippen molar-refractivity contribution >= 4 is 0 Å². The molecular weight excluding hydrogens is 266 g/mol. The molecule has 0 bridgehead atoms. The van der Waals surface area contributed by atoms with Gasteiger partial charge < -0.3 is 10.2 Å². The van der Waals surface area contributed by atoms with Crippen LogP contribution in [0.1, 0.15) is 11.1 Å². The van der Waals surface area contributed by atoms with Crippen molar-refractivity contribution in [2.75, 3.05) is 0 Å². The van der Waals surface area contributed by atoms with Crippen LogP contribution >= 0.6 is 0 Å². The first-order valence-corrected chi connectivity index (χ1v) is 4.77. The third-order valence-corrected chi connectivity index (χ3v) is 2.33.